The van der Waals surface area contributed by atoms with Crippen LogP contribution in [0, 0.1) is 23.2 Å². The normalized spacial score (nSPS) is 28.2. The van der Waals surface area contributed by atoms with Crippen LogP contribution in [0.5, 0.6) is 5.88 Å². The molecule has 0 spiro atoms. The molecule has 1 aromatic heterocycles. The van der Waals surface area contributed by atoms with Gasteiger partial charge in [0.2, 0.25) is 11.8 Å². The van der Waals surface area contributed by atoms with Crippen LogP contribution in [0.3, 0.4) is 0 Å². The summed E-state index contributed by atoms with van der Waals surface area (Å²) in [5.74, 6) is 0.257. The molecule has 10 nitrogen and oxygen atoms in total. The van der Waals surface area contributed by atoms with Crippen molar-refractivity contribution in [3.8, 4) is 17.1 Å². The van der Waals surface area contributed by atoms with Crippen molar-refractivity contribution in [3.63, 3.8) is 0 Å². The van der Waals surface area contributed by atoms with Gasteiger partial charge in [-0.2, -0.15) is 0 Å². The van der Waals surface area contributed by atoms with Gasteiger partial charge in [-0.15, -0.1) is 0 Å². The number of ether oxygens (including phenoxy) is 1. The average molecular weight is 564 g/mol. The van der Waals surface area contributed by atoms with E-state index in [1.807, 2.05) is 30.3 Å². The predicted octanol–water partition coefficient (Wildman–Crippen LogP) is 3.78. The predicted molar refractivity (Wildman–Crippen MR) is 154 cm³/mol. The molecule has 1 aliphatic heterocycles. The summed E-state index contributed by atoms with van der Waals surface area (Å²) >= 11 is 0. The van der Waals surface area contributed by atoms with Crippen LogP contribution in [-0.4, -0.2) is 64.0 Å². The molecule has 2 heterocycles. The van der Waals surface area contributed by atoms with Crippen LogP contribution in [-0.2, 0) is 14.1 Å². The number of aromatic nitrogens is 2. The summed E-state index contributed by atoms with van der Waals surface area (Å²) in [7, 11) is -0.620. The van der Waals surface area contributed by atoms with Gasteiger partial charge in [0, 0.05) is 11.6 Å². The second-order valence-corrected chi connectivity index (χ2v) is 12.9. The second-order valence-electron chi connectivity index (χ2n) is 12.9. The lowest BCUT2D eigenvalue weighted by Crippen LogP contribution is -2.65. The Kier molecular flexibility index (Phi) is 8.15. The highest BCUT2D eigenvalue weighted by molar-refractivity contribution is 6.48. The summed E-state index contributed by atoms with van der Waals surface area (Å²) in [6.07, 6.45) is 1.85. The van der Waals surface area contributed by atoms with Gasteiger partial charge >= 0.3 is 13.2 Å². The number of aliphatic hydroxyl groups is 1. The maximum atomic E-state index is 13.5. The summed E-state index contributed by atoms with van der Waals surface area (Å²) in [6, 6.07) is 9.67. The monoisotopic (exact) mass is 564 g/mol. The Morgan fingerprint density at radius 1 is 1.12 bits per heavy atom. The van der Waals surface area contributed by atoms with Crippen molar-refractivity contribution in [2.75, 3.05) is 0 Å². The number of carbonyl (C=O) groups is 2. The Bertz CT molecular complexity index is 1260. The number of hydrogen-bond acceptors (Lipinski definition) is 8. The van der Waals surface area contributed by atoms with E-state index in [0.717, 1.165) is 18.4 Å². The number of rotatable bonds is 9. The van der Waals surface area contributed by atoms with Gasteiger partial charge in [0.1, 0.15) is 12.4 Å². The lowest BCUT2D eigenvalue weighted by Gasteiger charge is -2.64. The fourth-order valence-corrected chi connectivity index (χ4v) is 6.91. The molecule has 6 rings (SSSR count). The summed E-state index contributed by atoms with van der Waals surface area (Å²) < 4.78 is 18.4. The lowest BCUT2D eigenvalue weighted by atomic mass is 9.43. The molecule has 4 aliphatic rings. The highest BCUT2D eigenvalue weighted by Gasteiger charge is 2.68. The van der Waals surface area contributed by atoms with Crippen molar-refractivity contribution in [1.82, 2.24) is 20.6 Å². The second kappa shape index (κ2) is 11.3. The number of carbonyl (C=O) groups excluding carboxylic acids is 2. The molecule has 1 aromatic carbocycles. The van der Waals surface area contributed by atoms with Crippen LogP contribution in [0.4, 0.5) is 4.79 Å². The molecule has 11 heteroatoms. The fraction of sp³-hybridized carbons (Fsp3) is 0.600. The maximum Gasteiger partial charge on any atom is 0.481 e. The first-order chi connectivity index (χ1) is 19.4. The van der Waals surface area contributed by atoms with Crippen LogP contribution in [0.15, 0.2) is 42.7 Å². The van der Waals surface area contributed by atoms with E-state index in [9.17, 15) is 14.7 Å². The Balaban J connectivity index is 1.25. The zero-order chi connectivity index (χ0) is 29.5. The molecular formula is C30H41BN4O6. The standard InChI is InChI=1S/C30H41BN4O6/c1-17(2)12-24(31-40-23-14-20-13-22(29(20,4)5)30(23,6)41-31)34-27(37)26(18(3)36)35-28(38)39-25-15-21(32-16-33-25)19-10-8-7-9-11-19/h7-11,15-18,20,22-24,26,36H,12-14H2,1-6H3,(H,34,37)(H,35,38)/t18-,20+,22+,23-,24+,26+,30+/m1/s1. The number of nitrogens with zero attached hydrogens (tertiary/aromatic N) is 2. The largest absolute Gasteiger partial charge is 0.481 e. The van der Waals surface area contributed by atoms with E-state index in [2.05, 4.69) is 55.2 Å². The van der Waals surface area contributed by atoms with Gasteiger partial charge in [-0.3, -0.25) is 4.79 Å². The average Bonchev–Trinajstić information content (AvgIpc) is 3.28. The first-order valence-electron chi connectivity index (χ1n) is 14.6. The molecule has 2 amide bonds. The number of benzene rings is 1. The molecule has 4 fully saturated rings. The topological polar surface area (TPSA) is 132 Å². The molecule has 2 bridgehead atoms. The van der Waals surface area contributed by atoms with Crippen LogP contribution in [0.25, 0.3) is 11.3 Å². The third kappa shape index (κ3) is 5.85. The highest BCUT2D eigenvalue weighted by Crippen LogP contribution is 2.65. The number of amides is 2. The summed E-state index contributed by atoms with van der Waals surface area (Å²) in [6.45, 7) is 12.3. The zero-order valence-electron chi connectivity index (χ0n) is 24.7. The Morgan fingerprint density at radius 3 is 2.51 bits per heavy atom. The summed E-state index contributed by atoms with van der Waals surface area (Å²) in [4.78, 5) is 34.5. The van der Waals surface area contributed by atoms with Crippen molar-refractivity contribution in [1.29, 1.82) is 0 Å². The molecule has 3 N–H and O–H groups in total. The number of aliphatic hydroxyl groups excluding tert-OH is 1. The first-order valence-corrected chi connectivity index (χ1v) is 14.6. The number of hydrogen-bond donors (Lipinski definition) is 3. The quantitative estimate of drug-likeness (QED) is 0.392. The van der Waals surface area contributed by atoms with Crippen molar-refractivity contribution in [3.05, 3.63) is 42.7 Å². The van der Waals surface area contributed by atoms with E-state index in [-0.39, 0.29) is 23.3 Å². The summed E-state index contributed by atoms with van der Waals surface area (Å²) in [5, 5.41) is 15.9. The minimum atomic E-state index is -1.27. The van der Waals surface area contributed by atoms with Crippen molar-refractivity contribution < 1.29 is 28.7 Å². The van der Waals surface area contributed by atoms with Gasteiger partial charge in [-0.1, -0.05) is 58.0 Å². The van der Waals surface area contributed by atoms with Crippen LogP contribution in [0.2, 0.25) is 0 Å². The van der Waals surface area contributed by atoms with E-state index < -0.39 is 42.8 Å². The molecule has 7 atom stereocenters. The smallest absolute Gasteiger partial charge is 0.404 e. The lowest BCUT2D eigenvalue weighted by molar-refractivity contribution is -0.199. The van der Waals surface area contributed by atoms with E-state index in [1.54, 1.807) is 0 Å². The SMILES string of the molecule is CC(C)C[C@H](NC(=O)[C@@H](NC(=O)Oc1cc(-c2ccccc2)ncn1)[C@@H](C)O)B1O[C@@H]2C[C@@H]3C[C@@H](C3(C)C)[C@]2(C)O1. The van der Waals surface area contributed by atoms with Crippen molar-refractivity contribution in [2.24, 2.45) is 23.2 Å². The molecular weight excluding hydrogens is 523 g/mol. The zero-order valence-corrected chi connectivity index (χ0v) is 24.7. The molecule has 3 aliphatic carbocycles. The van der Waals surface area contributed by atoms with Crippen LogP contribution in [0.1, 0.15) is 60.8 Å². The first kappa shape index (κ1) is 29.5. The van der Waals surface area contributed by atoms with Crippen LogP contribution >= 0.6 is 0 Å². The van der Waals surface area contributed by atoms with Gasteiger partial charge in [-0.25, -0.2) is 14.8 Å². The van der Waals surface area contributed by atoms with Gasteiger partial charge in [0.05, 0.1) is 29.4 Å². The Morgan fingerprint density at radius 2 is 1.85 bits per heavy atom. The maximum absolute atomic E-state index is 13.5. The van der Waals surface area contributed by atoms with Gasteiger partial charge in [0.25, 0.3) is 0 Å². The Labute approximate surface area is 242 Å². The molecule has 1 saturated heterocycles. The molecule has 0 unspecified atom stereocenters. The van der Waals surface area contributed by atoms with E-state index in [1.165, 1.54) is 19.3 Å². The van der Waals surface area contributed by atoms with Crippen molar-refractivity contribution >= 4 is 19.1 Å². The minimum Gasteiger partial charge on any atom is -0.404 e. The van der Waals surface area contributed by atoms with Gasteiger partial charge < -0.3 is 29.8 Å². The third-order valence-electron chi connectivity index (χ3n) is 9.30. The van der Waals surface area contributed by atoms with E-state index in [0.29, 0.717) is 24.0 Å². The van der Waals surface area contributed by atoms with E-state index in [4.69, 9.17) is 14.0 Å². The van der Waals surface area contributed by atoms with Gasteiger partial charge in [0.15, 0.2) is 0 Å². The number of nitrogens with one attached hydrogen (secondary N) is 2. The fourth-order valence-electron chi connectivity index (χ4n) is 6.91. The molecule has 2 aromatic rings. The molecule has 220 valence electrons. The third-order valence-corrected chi connectivity index (χ3v) is 9.30. The van der Waals surface area contributed by atoms with Gasteiger partial charge in [-0.05, 0) is 56.3 Å². The summed E-state index contributed by atoms with van der Waals surface area (Å²) in [5.41, 5.74) is 1.21. The highest BCUT2D eigenvalue weighted by atomic mass is 16.7. The Hall–Kier alpha value is -3.02. The van der Waals surface area contributed by atoms with Crippen molar-refractivity contribution in [2.45, 2.75) is 90.6 Å². The minimum absolute atomic E-state index is 0.0173. The molecule has 0 radical (unpaired) electrons. The molecule has 41 heavy (non-hydrogen) atoms. The molecule has 3 saturated carbocycles. The van der Waals surface area contributed by atoms with E-state index >= 15 is 0 Å². The van der Waals surface area contributed by atoms with Crippen LogP contribution < -0.4 is 15.4 Å².